The second kappa shape index (κ2) is 8.76. The van der Waals surface area contributed by atoms with Gasteiger partial charge in [-0.2, -0.15) is 18.2 Å². The summed E-state index contributed by atoms with van der Waals surface area (Å²) in [7, 11) is 0. The quantitative estimate of drug-likeness (QED) is 0.478. The molecule has 0 saturated carbocycles. The number of halogens is 4. The molecule has 2 aliphatic rings. The number of piperazine rings is 1. The maximum Gasteiger partial charge on any atom is 0.417 e. The molecular formula is C23H28ClF3N4O3S. The highest BCUT2D eigenvalue weighted by Gasteiger charge is 2.40. The number of rotatable bonds is 1. The van der Waals surface area contributed by atoms with Gasteiger partial charge in [-0.05, 0) is 47.6 Å². The Labute approximate surface area is 210 Å². The fraction of sp³-hybridized carbons (Fsp3) is 0.609. The molecule has 1 fully saturated rings. The summed E-state index contributed by atoms with van der Waals surface area (Å²) >= 11 is 7.43. The Hall–Kier alpha value is -2.14. The molecule has 4 rings (SSSR count). The van der Waals surface area contributed by atoms with Gasteiger partial charge in [-0.1, -0.05) is 11.6 Å². The summed E-state index contributed by atoms with van der Waals surface area (Å²) in [5.41, 5.74) is -1.78. The minimum absolute atomic E-state index is 0.168. The first-order valence-electron chi connectivity index (χ1n) is 11.3. The number of benzene rings is 1. The first-order valence-corrected chi connectivity index (χ1v) is 12.7. The monoisotopic (exact) mass is 532 g/mol. The maximum absolute atomic E-state index is 13.9. The van der Waals surface area contributed by atoms with Gasteiger partial charge >= 0.3 is 18.0 Å². The largest absolute Gasteiger partial charge is 0.444 e. The predicted octanol–water partition coefficient (Wildman–Crippen LogP) is 5.57. The molecule has 0 spiro atoms. The fourth-order valence-corrected chi connectivity index (χ4v) is 6.32. The third-order valence-corrected chi connectivity index (χ3v) is 7.96. The van der Waals surface area contributed by atoms with E-state index < -0.39 is 34.1 Å². The molecule has 1 aromatic carbocycles. The van der Waals surface area contributed by atoms with Crippen LogP contribution in [0, 0.1) is 0 Å². The number of hydrogen-bond acceptors (Lipinski definition) is 6. The molecule has 3 atom stereocenters. The van der Waals surface area contributed by atoms with Crippen LogP contribution in [0.1, 0.15) is 53.1 Å². The van der Waals surface area contributed by atoms with Gasteiger partial charge in [0.2, 0.25) is 0 Å². The first kappa shape index (κ1) is 25.9. The summed E-state index contributed by atoms with van der Waals surface area (Å²) in [6, 6.07) is 0.0813. The number of carbonyl (C=O) groups is 1. The first-order chi connectivity index (χ1) is 16.1. The fourth-order valence-electron chi connectivity index (χ4n) is 4.77. The summed E-state index contributed by atoms with van der Waals surface area (Å²) < 4.78 is 48.6. The zero-order valence-electron chi connectivity index (χ0n) is 20.4. The summed E-state index contributed by atoms with van der Waals surface area (Å²) in [5.74, 6) is 0.578. The van der Waals surface area contributed by atoms with E-state index in [0.717, 1.165) is 6.07 Å². The van der Waals surface area contributed by atoms with E-state index in [9.17, 15) is 22.8 Å². The topological polar surface area (TPSA) is 67.7 Å². The van der Waals surface area contributed by atoms with Crippen molar-refractivity contribution in [2.75, 3.05) is 23.7 Å². The van der Waals surface area contributed by atoms with Crippen LogP contribution in [0.25, 0.3) is 10.9 Å². The van der Waals surface area contributed by atoms with E-state index >= 15 is 0 Å². The zero-order chi connectivity index (χ0) is 26.0. The van der Waals surface area contributed by atoms with Crippen molar-refractivity contribution in [3.8, 4) is 0 Å². The number of ether oxygens (including phenoxy) is 1. The van der Waals surface area contributed by atoms with Crippen LogP contribution in [0.5, 0.6) is 0 Å². The lowest BCUT2D eigenvalue weighted by atomic mass is 10.1. The van der Waals surface area contributed by atoms with E-state index in [0.29, 0.717) is 11.3 Å². The van der Waals surface area contributed by atoms with Gasteiger partial charge in [-0.25, -0.2) is 9.59 Å². The molecular weight excluding hydrogens is 505 g/mol. The summed E-state index contributed by atoms with van der Waals surface area (Å²) in [6.45, 7) is 11.4. The van der Waals surface area contributed by atoms with Crippen molar-refractivity contribution < 1.29 is 22.7 Å². The average Bonchev–Trinajstić information content (AvgIpc) is 2.69. The van der Waals surface area contributed by atoms with Gasteiger partial charge in [0.15, 0.2) is 0 Å². The van der Waals surface area contributed by atoms with Crippen LogP contribution in [-0.2, 0) is 10.9 Å². The normalized spacial score (nSPS) is 23.1. The van der Waals surface area contributed by atoms with Gasteiger partial charge in [0.1, 0.15) is 11.4 Å². The maximum atomic E-state index is 13.9. The molecule has 1 amide bonds. The Kier molecular flexibility index (Phi) is 6.49. The van der Waals surface area contributed by atoms with E-state index in [1.807, 2.05) is 20.8 Å². The molecule has 35 heavy (non-hydrogen) atoms. The van der Waals surface area contributed by atoms with E-state index in [1.54, 1.807) is 30.6 Å². The molecule has 0 bridgehead atoms. The number of carbonyl (C=O) groups excluding carboxylic acids is 1. The minimum atomic E-state index is -4.67. The van der Waals surface area contributed by atoms with Crippen LogP contribution >= 0.6 is 23.4 Å². The highest BCUT2D eigenvalue weighted by molar-refractivity contribution is 7.99. The zero-order valence-corrected chi connectivity index (χ0v) is 21.9. The van der Waals surface area contributed by atoms with Gasteiger partial charge in [0.05, 0.1) is 33.1 Å². The standard InChI is InChI=1S/C23H28ClF3N4O3S/c1-11-8-29(9-12(2)30(11)21(33)34-22(4,5)6)19-14-7-15(23(25,26)27)16(24)18-17(14)31(20(32)28-19)13(3)10-35-18/h7,11-13H,8-10H2,1-6H3/t11-,12+,13-/m0/s1. The van der Waals surface area contributed by atoms with Crippen molar-refractivity contribution in [3.63, 3.8) is 0 Å². The summed E-state index contributed by atoms with van der Waals surface area (Å²) in [4.78, 5) is 33.7. The third-order valence-electron chi connectivity index (χ3n) is 6.12. The summed E-state index contributed by atoms with van der Waals surface area (Å²) in [6.07, 6.45) is -5.13. The van der Waals surface area contributed by atoms with E-state index in [-0.39, 0.29) is 47.3 Å². The minimum Gasteiger partial charge on any atom is -0.444 e. The lowest BCUT2D eigenvalue weighted by Crippen LogP contribution is -2.59. The van der Waals surface area contributed by atoms with E-state index in [4.69, 9.17) is 16.3 Å². The molecule has 0 N–H and O–H groups in total. The van der Waals surface area contributed by atoms with Crippen LogP contribution in [0.2, 0.25) is 5.02 Å². The smallest absolute Gasteiger partial charge is 0.417 e. The molecule has 0 aliphatic carbocycles. The predicted molar refractivity (Wildman–Crippen MR) is 131 cm³/mol. The number of thioether (sulfide) groups is 1. The van der Waals surface area contributed by atoms with Crippen LogP contribution < -0.4 is 10.6 Å². The van der Waals surface area contributed by atoms with Crippen molar-refractivity contribution >= 4 is 46.2 Å². The van der Waals surface area contributed by atoms with Crippen LogP contribution in [0.4, 0.5) is 23.8 Å². The molecule has 12 heteroatoms. The Morgan fingerprint density at radius 1 is 1.14 bits per heavy atom. The van der Waals surface area contributed by atoms with Crippen LogP contribution in [-0.4, -0.2) is 57.1 Å². The Bertz CT molecular complexity index is 1230. The van der Waals surface area contributed by atoms with Gasteiger partial charge in [-0.3, -0.25) is 9.47 Å². The average molecular weight is 533 g/mol. The number of anilines is 1. The lowest BCUT2D eigenvalue weighted by molar-refractivity contribution is -0.137. The van der Waals surface area contributed by atoms with Gasteiger partial charge in [0, 0.05) is 30.3 Å². The number of nitrogens with zero attached hydrogens (tertiary/aromatic N) is 4. The van der Waals surface area contributed by atoms with Crippen molar-refractivity contribution in [2.45, 2.75) is 76.3 Å². The highest BCUT2D eigenvalue weighted by Crippen LogP contribution is 2.48. The molecule has 7 nitrogen and oxygen atoms in total. The Morgan fingerprint density at radius 2 is 1.74 bits per heavy atom. The molecule has 192 valence electrons. The van der Waals surface area contributed by atoms with Crippen molar-refractivity contribution in [3.05, 3.63) is 27.1 Å². The Balaban J connectivity index is 1.84. The van der Waals surface area contributed by atoms with E-state index in [2.05, 4.69) is 4.98 Å². The van der Waals surface area contributed by atoms with E-state index in [1.165, 1.54) is 16.3 Å². The highest BCUT2D eigenvalue weighted by atomic mass is 35.5. The second-order valence-corrected chi connectivity index (χ2v) is 11.6. The molecule has 0 unspecified atom stereocenters. The lowest BCUT2D eigenvalue weighted by Gasteiger charge is -2.45. The summed E-state index contributed by atoms with van der Waals surface area (Å²) in [5, 5.41) is -0.177. The molecule has 2 aromatic rings. The van der Waals surface area contributed by atoms with Gasteiger partial charge < -0.3 is 9.64 Å². The Morgan fingerprint density at radius 3 is 2.29 bits per heavy atom. The molecule has 0 radical (unpaired) electrons. The van der Waals surface area contributed by atoms with Crippen molar-refractivity contribution in [1.82, 2.24) is 14.5 Å². The SMILES string of the molecule is C[C@@H]1CN(c2nc(=O)n3c4c(c(Cl)c(C(F)(F)F)cc24)SC[C@@H]3C)C[C@H](C)N1C(=O)OC(C)(C)C. The van der Waals surface area contributed by atoms with Crippen LogP contribution in [0.3, 0.4) is 0 Å². The van der Waals surface area contributed by atoms with Crippen LogP contribution in [0.15, 0.2) is 15.8 Å². The number of hydrogen-bond donors (Lipinski definition) is 0. The number of amides is 1. The molecule has 1 saturated heterocycles. The number of alkyl halides is 3. The van der Waals surface area contributed by atoms with Crippen molar-refractivity contribution in [2.24, 2.45) is 0 Å². The van der Waals surface area contributed by atoms with Gasteiger partial charge in [0.25, 0.3) is 0 Å². The molecule has 3 heterocycles. The van der Waals surface area contributed by atoms with Gasteiger partial charge in [-0.15, -0.1) is 11.8 Å². The van der Waals surface area contributed by atoms with Crippen molar-refractivity contribution in [1.29, 1.82) is 0 Å². The molecule has 2 aliphatic heterocycles. The third kappa shape index (κ3) is 4.69. The second-order valence-electron chi connectivity index (χ2n) is 10.2. The number of aromatic nitrogens is 2. The molecule has 1 aromatic heterocycles.